The van der Waals surface area contributed by atoms with E-state index in [-0.39, 0.29) is 6.42 Å². The molecule has 1 aromatic heterocycles. The molecule has 0 aromatic carbocycles. The van der Waals surface area contributed by atoms with Crippen molar-refractivity contribution >= 4 is 17.7 Å². The van der Waals surface area contributed by atoms with Crippen LogP contribution in [-0.4, -0.2) is 16.8 Å². The monoisotopic (exact) mass is 172 g/mol. The summed E-state index contributed by atoms with van der Waals surface area (Å²) in [5.41, 5.74) is 0. The van der Waals surface area contributed by atoms with Gasteiger partial charge in [-0.3, -0.25) is 4.79 Å². The molecule has 0 spiro atoms. The molecular formula is C7H8O3S. The predicted molar refractivity (Wildman–Crippen MR) is 41.7 cm³/mol. The molecule has 1 heterocycles. The Bertz CT molecular complexity index is 218. The van der Waals surface area contributed by atoms with Crippen LogP contribution in [0, 0.1) is 0 Å². The van der Waals surface area contributed by atoms with Crippen molar-refractivity contribution in [3.63, 3.8) is 0 Å². The van der Waals surface area contributed by atoms with Crippen LogP contribution < -0.4 is 0 Å². The van der Waals surface area contributed by atoms with Gasteiger partial charge in [-0.05, 0) is 12.1 Å². The highest BCUT2D eigenvalue weighted by Gasteiger charge is 1.99. The van der Waals surface area contributed by atoms with E-state index in [0.717, 1.165) is 5.09 Å². The summed E-state index contributed by atoms with van der Waals surface area (Å²) in [5.74, 6) is -0.216. The highest BCUT2D eigenvalue weighted by Crippen LogP contribution is 2.18. The molecule has 0 radical (unpaired) electrons. The average molecular weight is 172 g/mol. The van der Waals surface area contributed by atoms with E-state index in [1.165, 1.54) is 11.8 Å². The highest BCUT2D eigenvalue weighted by atomic mass is 32.2. The van der Waals surface area contributed by atoms with Crippen molar-refractivity contribution < 1.29 is 14.3 Å². The predicted octanol–water partition coefficient (Wildman–Crippen LogP) is 1.85. The van der Waals surface area contributed by atoms with E-state index in [9.17, 15) is 4.79 Å². The van der Waals surface area contributed by atoms with Gasteiger partial charge < -0.3 is 9.52 Å². The smallest absolute Gasteiger partial charge is 0.304 e. The van der Waals surface area contributed by atoms with Crippen LogP contribution in [0.4, 0.5) is 0 Å². The Hall–Kier alpha value is -0.900. The lowest BCUT2D eigenvalue weighted by Gasteiger charge is -1.92. The molecule has 0 saturated heterocycles. The topological polar surface area (TPSA) is 50.4 Å². The highest BCUT2D eigenvalue weighted by molar-refractivity contribution is 7.99. The van der Waals surface area contributed by atoms with Crippen LogP contribution in [-0.2, 0) is 4.79 Å². The number of aliphatic carboxylic acids is 1. The number of carboxylic acids is 1. The number of hydrogen-bond donors (Lipinski definition) is 1. The quantitative estimate of drug-likeness (QED) is 0.704. The molecular weight excluding hydrogens is 164 g/mol. The van der Waals surface area contributed by atoms with Crippen LogP contribution in [0.15, 0.2) is 27.9 Å². The molecule has 4 heteroatoms. The van der Waals surface area contributed by atoms with Gasteiger partial charge in [0.1, 0.15) is 0 Å². The van der Waals surface area contributed by atoms with E-state index in [1.54, 1.807) is 12.3 Å². The van der Waals surface area contributed by atoms with Crippen LogP contribution >= 0.6 is 11.8 Å². The van der Waals surface area contributed by atoms with E-state index >= 15 is 0 Å². The van der Waals surface area contributed by atoms with Crippen LogP contribution in [0.1, 0.15) is 6.42 Å². The summed E-state index contributed by atoms with van der Waals surface area (Å²) < 4.78 is 4.99. The van der Waals surface area contributed by atoms with E-state index < -0.39 is 5.97 Å². The average Bonchev–Trinajstić information content (AvgIpc) is 2.39. The van der Waals surface area contributed by atoms with Crippen molar-refractivity contribution in [2.24, 2.45) is 0 Å². The second-order valence-corrected chi connectivity index (χ2v) is 3.02. The summed E-state index contributed by atoms with van der Waals surface area (Å²) in [5, 5.41) is 9.07. The molecule has 1 N–H and O–H groups in total. The third-order valence-corrected chi connectivity index (χ3v) is 1.98. The Morgan fingerprint density at radius 2 is 2.55 bits per heavy atom. The molecule has 11 heavy (non-hydrogen) atoms. The van der Waals surface area contributed by atoms with Gasteiger partial charge in [-0.25, -0.2) is 0 Å². The molecule has 0 unspecified atom stereocenters. The van der Waals surface area contributed by atoms with Gasteiger partial charge in [0.05, 0.1) is 12.7 Å². The maximum atomic E-state index is 10.1. The lowest BCUT2D eigenvalue weighted by atomic mass is 10.5. The third kappa shape index (κ3) is 3.13. The van der Waals surface area contributed by atoms with Crippen molar-refractivity contribution in [3.8, 4) is 0 Å². The number of carbonyl (C=O) groups is 1. The fourth-order valence-corrected chi connectivity index (χ4v) is 1.36. The second-order valence-electron chi connectivity index (χ2n) is 1.92. The van der Waals surface area contributed by atoms with Crippen LogP contribution in [0.5, 0.6) is 0 Å². The zero-order valence-electron chi connectivity index (χ0n) is 5.82. The standard InChI is InChI=1S/C7H8O3S/c8-6(9)3-5-11-7-2-1-4-10-7/h1-2,4H,3,5H2,(H,8,9). The minimum Gasteiger partial charge on any atom is -0.481 e. The Kier molecular flexibility index (Phi) is 3.04. The van der Waals surface area contributed by atoms with Crippen LogP contribution in [0.3, 0.4) is 0 Å². The summed E-state index contributed by atoms with van der Waals surface area (Å²) in [6, 6.07) is 3.59. The summed E-state index contributed by atoms with van der Waals surface area (Å²) in [4.78, 5) is 10.1. The lowest BCUT2D eigenvalue weighted by Crippen LogP contribution is -1.95. The number of furan rings is 1. The largest absolute Gasteiger partial charge is 0.481 e. The van der Waals surface area contributed by atoms with Gasteiger partial charge in [-0.15, -0.1) is 0 Å². The lowest BCUT2D eigenvalue weighted by molar-refractivity contribution is -0.136. The van der Waals surface area contributed by atoms with Crippen molar-refractivity contribution in [2.45, 2.75) is 11.5 Å². The zero-order chi connectivity index (χ0) is 8.10. The second kappa shape index (κ2) is 4.08. The summed E-state index contributed by atoms with van der Waals surface area (Å²) in [6.45, 7) is 0. The van der Waals surface area contributed by atoms with Crippen molar-refractivity contribution in [3.05, 3.63) is 18.4 Å². The minimum atomic E-state index is -0.774. The molecule has 0 aliphatic heterocycles. The molecule has 0 saturated carbocycles. The van der Waals surface area contributed by atoms with Gasteiger partial charge in [0.15, 0.2) is 5.09 Å². The summed E-state index contributed by atoms with van der Waals surface area (Å²) >= 11 is 1.41. The number of thioether (sulfide) groups is 1. The summed E-state index contributed by atoms with van der Waals surface area (Å²) in [6.07, 6.45) is 1.74. The normalized spacial score (nSPS) is 9.82. The Morgan fingerprint density at radius 1 is 1.73 bits per heavy atom. The van der Waals surface area contributed by atoms with E-state index in [0.29, 0.717) is 5.75 Å². The molecule has 3 nitrogen and oxygen atoms in total. The van der Waals surface area contributed by atoms with Gasteiger partial charge in [0.25, 0.3) is 0 Å². The molecule has 60 valence electrons. The maximum absolute atomic E-state index is 10.1. The number of hydrogen-bond acceptors (Lipinski definition) is 3. The van der Waals surface area contributed by atoms with Crippen molar-refractivity contribution in [1.82, 2.24) is 0 Å². The van der Waals surface area contributed by atoms with Crippen LogP contribution in [0.2, 0.25) is 0 Å². The summed E-state index contributed by atoms with van der Waals surface area (Å²) in [7, 11) is 0. The van der Waals surface area contributed by atoms with Gasteiger partial charge in [-0.2, -0.15) is 0 Å². The van der Waals surface area contributed by atoms with Gasteiger partial charge >= 0.3 is 5.97 Å². The van der Waals surface area contributed by atoms with Crippen molar-refractivity contribution in [2.75, 3.05) is 5.75 Å². The first-order chi connectivity index (χ1) is 5.29. The van der Waals surface area contributed by atoms with E-state index in [1.807, 2.05) is 6.07 Å². The van der Waals surface area contributed by atoms with Crippen molar-refractivity contribution in [1.29, 1.82) is 0 Å². The molecule has 1 aromatic rings. The maximum Gasteiger partial charge on any atom is 0.304 e. The first kappa shape index (κ1) is 8.20. The van der Waals surface area contributed by atoms with E-state index in [4.69, 9.17) is 9.52 Å². The first-order valence-corrected chi connectivity index (χ1v) is 4.15. The molecule has 0 aliphatic carbocycles. The molecule has 0 amide bonds. The molecule has 0 bridgehead atoms. The third-order valence-electron chi connectivity index (χ3n) is 1.06. The Morgan fingerprint density at radius 3 is 3.09 bits per heavy atom. The van der Waals surface area contributed by atoms with Gasteiger partial charge in [0.2, 0.25) is 0 Å². The number of carboxylic acid groups (broad SMARTS) is 1. The fraction of sp³-hybridized carbons (Fsp3) is 0.286. The SMILES string of the molecule is O=C(O)CCSc1ccco1. The first-order valence-electron chi connectivity index (χ1n) is 3.17. The van der Waals surface area contributed by atoms with Gasteiger partial charge in [-0.1, -0.05) is 11.8 Å². The Balaban J connectivity index is 2.19. The number of rotatable bonds is 4. The van der Waals surface area contributed by atoms with Crippen LogP contribution in [0.25, 0.3) is 0 Å². The molecule has 1 rings (SSSR count). The minimum absolute atomic E-state index is 0.172. The Labute approximate surface area is 68.4 Å². The molecule has 0 aliphatic rings. The van der Waals surface area contributed by atoms with E-state index in [2.05, 4.69) is 0 Å². The zero-order valence-corrected chi connectivity index (χ0v) is 6.63. The van der Waals surface area contributed by atoms with Gasteiger partial charge in [0, 0.05) is 5.75 Å². The molecule has 0 fully saturated rings. The molecule has 0 atom stereocenters. The fourth-order valence-electron chi connectivity index (χ4n) is 0.585.